The molecule has 1 saturated carbocycles. The molecular formula is C15H22N4O3S. The van der Waals surface area contributed by atoms with E-state index in [1.807, 2.05) is 13.0 Å². The van der Waals surface area contributed by atoms with Gasteiger partial charge in [0.1, 0.15) is 11.6 Å². The van der Waals surface area contributed by atoms with Gasteiger partial charge in [-0.3, -0.25) is 4.79 Å². The number of carbonyl (C=O) groups is 1. The van der Waals surface area contributed by atoms with Gasteiger partial charge in [-0.25, -0.2) is 18.4 Å². The van der Waals surface area contributed by atoms with Crippen molar-refractivity contribution in [3.63, 3.8) is 0 Å². The fraction of sp³-hybridized carbons (Fsp3) is 0.667. The van der Waals surface area contributed by atoms with Crippen molar-refractivity contribution in [1.82, 2.24) is 14.9 Å². The zero-order chi connectivity index (χ0) is 16.7. The molecule has 1 saturated heterocycles. The van der Waals surface area contributed by atoms with Crippen LogP contribution in [-0.4, -0.2) is 66.4 Å². The minimum atomic E-state index is -3.37. The lowest BCUT2D eigenvalue weighted by Crippen LogP contribution is -2.61. The molecule has 1 aliphatic heterocycles. The molecule has 23 heavy (non-hydrogen) atoms. The van der Waals surface area contributed by atoms with Gasteiger partial charge in [0.2, 0.25) is 5.91 Å². The van der Waals surface area contributed by atoms with Crippen LogP contribution in [0.25, 0.3) is 0 Å². The Bertz CT molecular complexity index is 707. The van der Waals surface area contributed by atoms with E-state index in [1.165, 1.54) is 6.26 Å². The number of piperazine rings is 1. The molecule has 1 amide bonds. The van der Waals surface area contributed by atoms with Crippen molar-refractivity contribution in [2.45, 2.75) is 30.9 Å². The summed E-state index contributed by atoms with van der Waals surface area (Å²) in [4.78, 5) is 25.0. The van der Waals surface area contributed by atoms with Crippen LogP contribution in [0.2, 0.25) is 0 Å². The molecule has 0 atom stereocenters. The van der Waals surface area contributed by atoms with Crippen LogP contribution in [0.4, 0.5) is 5.82 Å². The molecule has 2 heterocycles. The number of rotatable bonds is 3. The van der Waals surface area contributed by atoms with E-state index in [0.29, 0.717) is 44.8 Å². The molecule has 3 rings (SSSR count). The number of nitrogens with zero attached hydrogens (tertiary/aromatic N) is 4. The predicted molar refractivity (Wildman–Crippen MR) is 87.0 cm³/mol. The van der Waals surface area contributed by atoms with Crippen molar-refractivity contribution in [2.75, 3.05) is 37.3 Å². The van der Waals surface area contributed by atoms with Crippen molar-refractivity contribution in [2.24, 2.45) is 0 Å². The third-order valence-electron chi connectivity index (χ3n) is 4.91. The van der Waals surface area contributed by atoms with Crippen molar-refractivity contribution in [3.8, 4) is 0 Å². The second-order valence-corrected chi connectivity index (χ2v) is 8.69. The molecule has 1 aromatic rings. The maximum absolute atomic E-state index is 12.7. The van der Waals surface area contributed by atoms with Gasteiger partial charge in [0.25, 0.3) is 0 Å². The smallest absolute Gasteiger partial charge is 0.244 e. The number of carbonyl (C=O) groups excluding carboxylic acids is 1. The van der Waals surface area contributed by atoms with Crippen LogP contribution >= 0.6 is 0 Å². The van der Waals surface area contributed by atoms with Crippen molar-refractivity contribution < 1.29 is 13.2 Å². The van der Waals surface area contributed by atoms with Gasteiger partial charge < -0.3 is 9.80 Å². The van der Waals surface area contributed by atoms with Gasteiger partial charge in [-0.2, -0.15) is 0 Å². The Morgan fingerprint density at radius 3 is 2.35 bits per heavy atom. The molecule has 1 aromatic heterocycles. The third kappa shape index (κ3) is 2.80. The third-order valence-corrected chi connectivity index (χ3v) is 6.92. The first-order chi connectivity index (χ1) is 10.8. The molecule has 126 valence electrons. The van der Waals surface area contributed by atoms with E-state index in [9.17, 15) is 13.2 Å². The molecule has 0 bridgehead atoms. The molecule has 0 N–H and O–H groups in total. The summed E-state index contributed by atoms with van der Waals surface area (Å²) in [6, 6.07) is 1.86. The lowest BCUT2D eigenvalue weighted by atomic mass is 9.83. The maximum atomic E-state index is 12.7. The summed E-state index contributed by atoms with van der Waals surface area (Å²) < 4.78 is 23.0. The predicted octanol–water partition coefficient (Wildman–Crippen LogP) is 0.401. The summed E-state index contributed by atoms with van der Waals surface area (Å²) in [6.45, 7) is 4.21. The van der Waals surface area contributed by atoms with Crippen LogP contribution in [0.15, 0.2) is 12.3 Å². The molecule has 0 aromatic carbocycles. The van der Waals surface area contributed by atoms with Crippen LogP contribution in [-0.2, 0) is 14.6 Å². The first-order valence-electron chi connectivity index (χ1n) is 7.87. The fourth-order valence-electron chi connectivity index (χ4n) is 3.29. The summed E-state index contributed by atoms with van der Waals surface area (Å²) in [5.74, 6) is 1.35. The zero-order valence-corrected chi connectivity index (χ0v) is 14.3. The van der Waals surface area contributed by atoms with E-state index in [2.05, 4.69) is 14.9 Å². The highest BCUT2D eigenvalue weighted by Crippen LogP contribution is 2.40. The number of hydrogen-bond donors (Lipinski definition) is 0. The van der Waals surface area contributed by atoms with Crippen LogP contribution in [0.1, 0.15) is 25.1 Å². The molecule has 8 heteroatoms. The average molecular weight is 338 g/mol. The van der Waals surface area contributed by atoms with Gasteiger partial charge in [-0.1, -0.05) is 0 Å². The Hall–Kier alpha value is -1.70. The maximum Gasteiger partial charge on any atom is 0.244 e. The molecule has 0 radical (unpaired) electrons. The van der Waals surface area contributed by atoms with Gasteiger partial charge in [0.15, 0.2) is 14.6 Å². The highest BCUT2D eigenvalue weighted by Gasteiger charge is 2.54. The number of amides is 1. The second kappa shape index (κ2) is 5.74. The minimum Gasteiger partial charge on any atom is -0.353 e. The first-order valence-corrected chi connectivity index (χ1v) is 9.76. The van der Waals surface area contributed by atoms with Gasteiger partial charge in [-0.05, 0) is 32.3 Å². The van der Waals surface area contributed by atoms with Crippen LogP contribution in [0.3, 0.4) is 0 Å². The molecule has 0 spiro atoms. The van der Waals surface area contributed by atoms with Crippen molar-refractivity contribution >= 4 is 21.6 Å². The number of aryl methyl sites for hydroxylation is 1. The Morgan fingerprint density at radius 1 is 1.22 bits per heavy atom. The molecule has 0 unspecified atom stereocenters. The van der Waals surface area contributed by atoms with Crippen molar-refractivity contribution in [1.29, 1.82) is 0 Å². The molecule has 2 fully saturated rings. The van der Waals surface area contributed by atoms with E-state index < -0.39 is 14.6 Å². The highest BCUT2D eigenvalue weighted by atomic mass is 32.2. The molecule has 7 nitrogen and oxygen atoms in total. The standard InChI is InChI=1S/C15H22N4O3S/c1-12-16-7-4-13(17-12)18-8-10-19(11-9-18)14(20)15(5-3-6-15)23(2,21)22/h4,7H,3,5-6,8-11H2,1-2H3. The van der Waals surface area contributed by atoms with Crippen LogP contribution < -0.4 is 4.90 Å². The molecular weight excluding hydrogens is 316 g/mol. The lowest BCUT2D eigenvalue weighted by molar-refractivity contribution is -0.136. The summed E-state index contributed by atoms with van der Waals surface area (Å²) >= 11 is 0. The SMILES string of the molecule is Cc1nccc(N2CCN(C(=O)C3(S(C)(=O)=O)CCC3)CC2)n1. The topological polar surface area (TPSA) is 83.5 Å². The fourth-order valence-corrected chi connectivity index (χ4v) is 4.76. The first kappa shape index (κ1) is 16.2. The normalized spacial score (nSPS) is 21.0. The number of sulfone groups is 1. The molecule has 2 aliphatic rings. The summed E-state index contributed by atoms with van der Waals surface area (Å²) in [7, 11) is -3.37. The largest absolute Gasteiger partial charge is 0.353 e. The van der Waals surface area contributed by atoms with Crippen molar-refractivity contribution in [3.05, 3.63) is 18.1 Å². The number of anilines is 1. The average Bonchev–Trinajstić information content (AvgIpc) is 2.44. The van der Waals surface area contributed by atoms with E-state index in [-0.39, 0.29) is 5.91 Å². The summed E-state index contributed by atoms with van der Waals surface area (Å²) in [5.41, 5.74) is 0. The summed E-state index contributed by atoms with van der Waals surface area (Å²) in [6.07, 6.45) is 4.62. The minimum absolute atomic E-state index is 0.218. The summed E-state index contributed by atoms with van der Waals surface area (Å²) in [5, 5.41) is 0. The van der Waals surface area contributed by atoms with Gasteiger partial charge in [0.05, 0.1) is 0 Å². The van der Waals surface area contributed by atoms with E-state index in [1.54, 1.807) is 11.1 Å². The van der Waals surface area contributed by atoms with Crippen LogP contribution in [0.5, 0.6) is 0 Å². The zero-order valence-electron chi connectivity index (χ0n) is 13.5. The van der Waals surface area contributed by atoms with Gasteiger partial charge in [0, 0.05) is 38.6 Å². The second-order valence-electron chi connectivity index (χ2n) is 6.36. The van der Waals surface area contributed by atoms with Gasteiger partial charge in [-0.15, -0.1) is 0 Å². The quantitative estimate of drug-likeness (QED) is 0.793. The highest BCUT2D eigenvalue weighted by molar-refractivity contribution is 7.93. The molecule has 1 aliphatic carbocycles. The monoisotopic (exact) mass is 338 g/mol. The van der Waals surface area contributed by atoms with E-state index in [0.717, 1.165) is 12.2 Å². The van der Waals surface area contributed by atoms with E-state index in [4.69, 9.17) is 0 Å². The Kier molecular flexibility index (Phi) is 4.03. The van der Waals surface area contributed by atoms with Gasteiger partial charge >= 0.3 is 0 Å². The number of hydrogen-bond acceptors (Lipinski definition) is 6. The Labute approximate surface area is 136 Å². The Balaban J connectivity index is 1.68. The van der Waals surface area contributed by atoms with Crippen LogP contribution in [0, 0.1) is 6.92 Å². The lowest BCUT2D eigenvalue weighted by Gasteiger charge is -2.44. The Morgan fingerprint density at radius 2 is 1.87 bits per heavy atom. The van der Waals surface area contributed by atoms with E-state index >= 15 is 0 Å². The number of aromatic nitrogens is 2.